The second-order valence-electron chi connectivity index (χ2n) is 5.37. The number of carbonyl (C=O) groups excluding carboxylic acids is 2. The van der Waals surface area contributed by atoms with Crippen LogP contribution in [0.5, 0.6) is 0 Å². The van der Waals surface area contributed by atoms with Crippen LogP contribution in [0.25, 0.3) is 0 Å². The van der Waals surface area contributed by atoms with E-state index in [0.717, 1.165) is 25.8 Å². The normalized spacial score (nSPS) is 24.1. The van der Waals surface area contributed by atoms with Gasteiger partial charge in [0.1, 0.15) is 0 Å². The van der Waals surface area contributed by atoms with Gasteiger partial charge in [-0.15, -0.1) is 0 Å². The van der Waals surface area contributed by atoms with Gasteiger partial charge in [0, 0.05) is 26.2 Å². The minimum atomic E-state index is -0.271. The number of hydrogen-bond acceptors (Lipinski definition) is 4. The first-order valence-corrected chi connectivity index (χ1v) is 7.66. The molecular weight excluding hydrogens is 258 g/mol. The molecule has 20 heavy (non-hydrogen) atoms. The molecule has 0 bridgehead atoms. The summed E-state index contributed by atoms with van der Waals surface area (Å²) in [6, 6.07) is -0.0355. The molecular formula is C14H25N3O3. The van der Waals surface area contributed by atoms with E-state index in [2.05, 4.69) is 5.32 Å². The summed E-state index contributed by atoms with van der Waals surface area (Å²) >= 11 is 0. The van der Waals surface area contributed by atoms with Gasteiger partial charge in [-0.25, -0.2) is 4.79 Å². The van der Waals surface area contributed by atoms with Crippen LogP contribution in [0.15, 0.2) is 0 Å². The summed E-state index contributed by atoms with van der Waals surface area (Å²) in [5.41, 5.74) is 0. The zero-order valence-electron chi connectivity index (χ0n) is 12.3. The van der Waals surface area contributed by atoms with Crippen LogP contribution < -0.4 is 5.32 Å². The lowest BCUT2D eigenvalue weighted by Gasteiger charge is -2.35. The number of rotatable bonds is 2. The van der Waals surface area contributed by atoms with Crippen molar-refractivity contribution < 1.29 is 14.3 Å². The molecule has 1 unspecified atom stereocenters. The average molecular weight is 283 g/mol. The summed E-state index contributed by atoms with van der Waals surface area (Å²) < 4.78 is 4.98. The Balaban J connectivity index is 1.80. The van der Waals surface area contributed by atoms with Gasteiger partial charge in [-0.05, 0) is 26.3 Å². The van der Waals surface area contributed by atoms with Crippen LogP contribution in [0.1, 0.15) is 32.6 Å². The number of ether oxygens (including phenoxy) is 1. The Kier molecular flexibility index (Phi) is 5.64. The second-order valence-corrected chi connectivity index (χ2v) is 5.37. The topological polar surface area (TPSA) is 61.9 Å². The van der Waals surface area contributed by atoms with Crippen LogP contribution in [-0.2, 0) is 9.53 Å². The van der Waals surface area contributed by atoms with E-state index in [1.807, 2.05) is 4.90 Å². The van der Waals surface area contributed by atoms with E-state index in [1.165, 1.54) is 6.42 Å². The predicted octanol–water partition coefficient (Wildman–Crippen LogP) is 0.819. The molecule has 0 aromatic heterocycles. The molecule has 114 valence electrons. The van der Waals surface area contributed by atoms with E-state index in [-0.39, 0.29) is 18.0 Å². The van der Waals surface area contributed by atoms with Crippen LogP contribution in [0, 0.1) is 0 Å². The summed E-state index contributed by atoms with van der Waals surface area (Å²) in [5.74, 6) is 0.190. The van der Waals surface area contributed by atoms with Crippen LogP contribution >= 0.6 is 0 Å². The number of amides is 2. The lowest BCUT2D eigenvalue weighted by atomic mass is 10.1. The quantitative estimate of drug-likeness (QED) is 0.815. The number of hydrogen-bond donors (Lipinski definition) is 1. The van der Waals surface area contributed by atoms with Crippen molar-refractivity contribution in [2.24, 2.45) is 0 Å². The third-order valence-corrected chi connectivity index (χ3v) is 3.98. The number of nitrogens with zero attached hydrogens (tertiary/aromatic N) is 2. The maximum atomic E-state index is 12.4. The molecule has 2 aliphatic heterocycles. The van der Waals surface area contributed by atoms with Crippen molar-refractivity contribution in [1.29, 1.82) is 0 Å². The Labute approximate surface area is 120 Å². The van der Waals surface area contributed by atoms with Gasteiger partial charge in [-0.1, -0.05) is 12.8 Å². The molecule has 0 aliphatic carbocycles. The summed E-state index contributed by atoms with van der Waals surface area (Å²) in [5, 5.41) is 3.34. The van der Waals surface area contributed by atoms with Crippen LogP contribution in [-0.4, -0.2) is 67.2 Å². The molecule has 0 spiro atoms. The lowest BCUT2D eigenvalue weighted by Crippen LogP contribution is -2.55. The number of piperazine rings is 1. The second kappa shape index (κ2) is 7.47. The van der Waals surface area contributed by atoms with Gasteiger partial charge in [-0.3, -0.25) is 4.79 Å². The Morgan fingerprint density at radius 3 is 2.50 bits per heavy atom. The molecule has 2 heterocycles. The van der Waals surface area contributed by atoms with Crippen molar-refractivity contribution in [2.75, 3.05) is 39.3 Å². The first-order valence-electron chi connectivity index (χ1n) is 7.66. The minimum absolute atomic E-state index is 0.0355. The molecule has 6 nitrogen and oxygen atoms in total. The zero-order chi connectivity index (χ0) is 14.4. The van der Waals surface area contributed by atoms with Gasteiger partial charge in [-0.2, -0.15) is 0 Å². The Morgan fingerprint density at radius 1 is 1.10 bits per heavy atom. The summed E-state index contributed by atoms with van der Waals surface area (Å²) in [6.07, 6.45) is 4.13. The van der Waals surface area contributed by atoms with Gasteiger partial charge < -0.3 is 19.9 Å². The summed E-state index contributed by atoms with van der Waals surface area (Å²) in [7, 11) is 0. The lowest BCUT2D eigenvalue weighted by molar-refractivity contribution is -0.135. The monoisotopic (exact) mass is 283 g/mol. The van der Waals surface area contributed by atoms with Gasteiger partial charge in [0.15, 0.2) is 0 Å². The third kappa shape index (κ3) is 3.85. The molecule has 2 amide bonds. The molecule has 2 aliphatic rings. The van der Waals surface area contributed by atoms with Gasteiger partial charge in [0.2, 0.25) is 5.91 Å². The molecule has 2 rings (SSSR count). The van der Waals surface area contributed by atoms with E-state index in [1.54, 1.807) is 11.8 Å². The van der Waals surface area contributed by atoms with Crippen LogP contribution in [0.2, 0.25) is 0 Å². The average Bonchev–Trinajstić information content (AvgIpc) is 2.76. The zero-order valence-corrected chi connectivity index (χ0v) is 12.3. The predicted molar refractivity (Wildman–Crippen MR) is 75.4 cm³/mol. The molecule has 0 aromatic rings. The molecule has 1 atom stereocenters. The van der Waals surface area contributed by atoms with Crippen molar-refractivity contribution in [2.45, 2.75) is 38.6 Å². The van der Waals surface area contributed by atoms with Crippen LogP contribution in [0.4, 0.5) is 4.79 Å². The molecule has 0 radical (unpaired) electrons. The van der Waals surface area contributed by atoms with E-state index in [4.69, 9.17) is 4.74 Å². The Hall–Kier alpha value is -1.30. The SMILES string of the molecule is CCOC(=O)N1CCN(C(=O)C2CCCCCN2)CC1. The first-order chi connectivity index (χ1) is 9.72. The standard InChI is InChI=1S/C14H25N3O3/c1-2-20-14(19)17-10-8-16(9-11-17)13(18)12-6-4-3-5-7-15-12/h12,15H,2-11H2,1H3. The molecule has 0 aromatic carbocycles. The van der Waals surface area contributed by atoms with E-state index < -0.39 is 0 Å². The highest BCUT2D eigenvalue weighted by Crippen LogP contribution is 2.12. The third-order valence-electron chi connectivity index (χ3n) is 3.98. The molecule has 6 heteroatoms. The fraction of sp³-hybridized carbons (Fsp3) is 0.857. The van der Waals surface area contributed by atoms with E-state index >= 15 is 0 Å². The molecule has 0 saturated carbocycles. The van der Waals surface area contributed by atoms with Crippen molar-refractivity contribution in [3.05, 3.63) is 0 Å². The summed E-state index contributed by atoms with van der Waals surface area (Å²) in [4.78, 5) is 27.6. The van der Waals surface area contributed by atoms with Crippen molar-refractivity contribution >= 4 is 12.0 Å². The maximum Gasteiger partial charge on any atom is 0.409 e. The number of nitrogens with one attached hydrogen (secondary N) is 1. The van der Waals surface area contributed by atoms with E-state index in [9.17, 15) is 9.59 Å². The Bertz CT molecular complexity index is 333. The highest BCUT2D eigenvalue weighted by atomic mass is 16.6. The smallest absolute Gasteiger partial charge is 0.409 e. The molecule has 2 saturated heterocycles. The van der Waals surface area contributed by atoms with Crippen molar-refractivity contribution in [3.63, 3.8) is 0 Å². The largest absolute Gasteiger partial charge is 0.450 e. The maximum absolute atomic E-state index is 12.4. The first kappa shape index (κ1) is 15.1. The highest BCUT2D eigenvalue weighted by molar-refractivity contribution is 5.82. The minimum Gasteiger partial charge on any atom is -0.450 e. The van der Waals surface area contributed by atoms with Crippen molar-refractivity contribution in [1.82, 2.24) is 15.1 Å². The fourth-order valence-corrected chi connectivity index (χ4v) is 2.78. The van der Waals surface area contributed by atoms with Gasteiger partial charge >= 0.3 is 6.09 Å². The summed E-state index contributed by atoms with van der Waals surface area (Å²) in [6.45, 7) is 5.47. The van der Waals surface area contributed by atoms with E-state index in [0.29, 0.717) is 32.8 Å². The highest BCUT2D eigenvalue weighted by Gasteiger charge is 2.29. The Morgan fingerprint density at radius 2 is 1.80 bits per heavy atom. The molecule has 1 N–H and O–H groups in total. The van der Waals surface area contributed by atoms with Gasteiger partial charge in [0.05, 0.1) is 12.6 Å². The van der Waals surface area contributed by atoms with Crippen molar-refractivity contribution in [3.8, 4) is 0 Å². The van der Waals surface area contributed by atoms with Crippen LogP contribution in [0.3, 0.4) is 0 Å². The number of carbonyl (C=O) groups is 2. The molecule has 2 fully saturated rings. The van der Waals surface area contributed by atoms with Gasteiger partial charge in [0.25, 0.3) is 0 Å². The fourth-order valence-electron chi connectivity index (χ4n) is 2.78.